The van der Waals surface area contributed by atoms with Gasteiger partial charge in [-0.15, -0.1) is 11.3 Å². The molecule has 6 nitrogen and oxygen atoms in total. The number of aromatic nitrogens is 2. The highest BCUT2D eigenvalue weighted by Gasteiger charge is 2.46. The Hall–Kier alpha value is -3.81. The molecule has 0 spiro atoms. The van der Waals surface area contributed by atoms with Crippen LogP contribution in [-0.2, 0) is 4.79 Å². The minimum atomic E-state index is -0.905. The quantitative estimate of drug-likeness (QED) is 0.326. The van der Waals surface area contributed by atoms with Crippen molar-refractivity contribution in [2.75, 3.05) is 4.90 Å². The Kier molecular flexibility index (Phi) is 5.96. The van der Waals surface area contributed by atoms with Gasteiger partial charge in [-0.3, -0.25) is 19.5 Å². The number of carbonyl (C=O) groups is 2. The second-order valence-electron chi connectivity index (χ2n) is 8.15. The largest absolute Gasteiger partial charge is 0.503 e. The third-order valence-corrected chi connectivity index (χ3v) is 7.30. The Labute approximate surface area is 211 Å². The number of benzene rings is 2. The molecule has 1 aliphatic heterocycles. The Morgan fingerprint density at radius 3 is 2.49 bits per heavy atom. The first-order valence-corrected chi connectivity index (χ1v) is 12.1. The van der Waals surface area contributed by atoms with Crippen LogP contribution in [0.1, 0.15) is 32.7 Å². The summed E-state index contributed by atoms with van der Waals surface area (Å²) in [5.41, 5.74) is 3.14. The van der Waals surface area contributed by atoms with Crippen molar-refractivity contribution >= 4 is 40.3 Å². The Morgan fingerprint density at radius 2 is 1.80 bits per heavy atom. The smallest absolute Gasteiger partial charge is 0.294 e. The number of pyridine rings is 1. The van der Waals surface area contributed by atoms with Gasteiger partial charge in [-0.2, -0.15) is 0 Å². The van der Waals surface area contributed by atoms with Crippen LogP contribution in [0.2, 0.25) is 5.02 Å². The van der Waals surface area contributed by atoms with E-state index in [1.807, 2.05) is 37.3 Å². The van der Waals surface area contributed by atoms with Crippen LogP contribution in [0.5, 0.6) is 0 Å². The van der Waals surface area contributed by atoms with Gasteiger partial charge in [0.05, 0.1) is 21.8 Å². The average molecular weight is 502 g/mol. The normalized spacial score (nSPS) is 15.7. The van der Waals surface area contributed by atoms with E-state index in [9.17, 15) is 14.7 Å². The number of anilines is 1. The van der Waals surface area contributed by atoms with E-state index in [2.05, 4.69) is 9.97 Å². The predicted octanol–water partition coefficient (Wildman–Crippen LogP) is 6.26. The maximum absolute atomic E-state index is 13.9. The van der Waals surface area contributed by atoms with Crippen molar-refractivity contribution < 1.29 is 14.7 Å². The molecule has 1 atom stereocenters. The molecule has 0 bridgehead atoms. The van der Waals surface area contributed by atoms with Gasteiger partial charge in [-0.25, -0.2) is 4.98 Å². The first-order valence-electron chi connectivity index (χ1n) is 10.9. The molecule has 0 saturated carbocycles. The van der Waals surface area contributed by atoms with Crippen molar-refractivity contribution in [2.24, 2.45) is 0 Å². The van der Waals surface area contributed by atoms with E-state index in [0.29, 0.717) is 32.0 Å². The lowest BCUT2D eigenvalue weighted by Gasteiger charge is -2.27. The summed E-state index contributed by atoms with van der Waals surface area (Å²) >= 11 is 7.37. The fourth-order valence-electron chi connectivity index (χ4n) is 4.23. The molecule has 0 radical (unpaired) electrons. The number of ketones is 1. The van der Waals surface area contributed by atoms with Crippen LogP contribution in [-0.4, -0.2) is 26.8 Å². The van der Waals surface area contributed by atoms with E-state index in [1.54, 1.807) is 49.5 Å². The molecule has 2 aromatic carbocycles. The third-order valence-electron chi connectivity index (χ3n) is 5.86. The summed E-state index contributed by atoms with van der Waals surface area (Å²) in [7, 11) is 0. The van der Waals surface area contributed by atoms with Crippen LogP contribution in [0.25, 0.3) is 10.6 Å². The maximum atomic E-state index is 13.9. The number of rotatable bonds is 5. The summed E-state index contributed by atoms with van der Waals surface area (Å²) in [4.78, 5) is 38.1. The summed E-state index contributed by atoms with van der Waals surface area (Å²) < 4.78 is 0. The molecule has 4 aromatic rings. The van der Waals surface area contributed by atoms with Crippen molar-refractivity contribution in [3.05, 3.63) is 111 Å². The molecule has 8 heteroatoms. The van der Waals surface area contributed by atoms with E-state index in [0.717, 1.165) is 11.1 Å². The van der Waals surface area contributed by atoms with Crippen molar-refractivity contribution in [1.82, 2.24) is 9.97 Å². The highest BCUT2D eigenvalue weighted by atomic mass is 35.5. The molecule has 174 valence electrons. The molecule has 0 aliphatic carbocycles. The van der Waals surface area contributed by atoms with Crippen LogP contribution in [0.4, 0.5) is 5.69 Å². The first kappa shape index (κ1) is 23.0. The zero-order valence-electron chi connectivity index (χ0n) is 18.9. The van der Waals surface area contributed by atoms with Gasteiger partial charge >= 0.3 is 0 Å². The van der Waals surface area contributed by atoms with Crippen LogP contribution in [0.15, 0.2) is 84.3 Å². The minimum absolute atomic E-state index is 0.0191. The number of Topliss-reactive ketones (excluding diaryl/α,β-unsaturated/α-hetero) is 1. The van der Waals surface area contributed by atoms with E-state index in [1.165, 1.54) is 16.2 Å². The minimum Gasteiger partial charge on any atom is -0.503 e. The number of hydrogen-bond acceptors (Lipinski definition) is 6. The molecule has 1 N–H and O–H groups in total. The zero-order chi connectivity index (χ0) is 24.7. The van der Waals surface area contributed by atoms with Gasteiger partial charge in [0.15, 0.2) is 5.76 Å². The van der Waals surface area contributed by atoms with Gasteiger partial charge in [-0.05, 0) is 49.7 Å². The number of hydrogen-bond donors (Lipinski definition) is 1. The molecule has 2 aromatic heterocycles. The number of aryl methyl sites for hydroxylation is 2. The summed E-state index contributed by atoms with van der Waals surface area (Å²) in [6, 6.07) is 19.0. The number of amides is 1. The molecule has 35 heavy (non-hydrogen) atoms. The molecule has 1 unspecified atom stereocenters. The predicted molar refractivity (Wildman–Crippen MR) is 137 cm³/mol. The number of aliphatic hydroxyl groups excluding tert-OH is 1. The number of halogens is 1. The van der Waals surface area contributed by atoms with Crippen molar-refractivity contribution in [3.8, 4) is 10.6 Å². The summed E-state index contributed by atoms with van der Waals surface area (Å²) in [6.45, 7) is 3.57. The van der Waals surface area contributed by atoms with Crippen LogP contribution < -0.4 is 4.90 Å². The molecular weight excluding hydrogens is 482 g/mol. The number of aliphatic hydroxyl groups is 1. The molecule has 5 rings (SSSR count). The van der Waals surface area contributed by atoms with Crippen LogP contribution >= 0.6 is 22.9 Å². The lowest BCUT2D eigenvalue weighted by atomic mass is 9.98. The monoisotopic (exact) mass is 501 g/mol. The number of carbonyl (C=O) groups excluding carboxylic acids is 2. The Balaban J connectivity index is 1.64. The summed E-state index contributed by atoms with van der Waals surface area (Å²) in [5.74, 6) is -1.70. The van der Waals surface area contributed by atoms with Gasteiger partial charge < -0.3 is 5.11 Å². The lowest BCUT2D eigenvalue weighted by Crippen LogP contribution is -2.32. The average Bonchev–Trinajstić information content (AvgIpc) is 3.37. The highest BCUT2D eigenvalue weighted by molar-refractivity contribution is 7.17. The molecule has 3 heterocycles. The molecule has 1 amide bonds. The zero-order valence-corrected chi connectivity index (χ0v) is 20.5. The van der Waals surface area contributed by atoms with Gasteiger partial charge in [0, 0.05) is 22.5 Å². The SMILES string of the molecule is Cc1cc(Cl)ccc1N1C(=O)C(O)=C(C(=O)c2sc(-c3ccccc3)nc2C)C1c1ccccn1. The number of nitrogens with zero attached hydrogens (tertiary/aromatic N) is 3. The van der Waals surface area contributed by atoms with Gasteiger partial charge in [0.1, 0.15) is 11.0 Å². The highest BCUT2D eigenvalue weighted by Crippen LogP contribution is 2.43. The van der Waals surface area contributed by atoms with E-state index < -0.39 is 23.5 Å². The summed E-state index contributed by atoms with van der Waals surface area (Å²) in [5, 5.41) is 12.2. The van der Waals surface area contributed by atoms with Crippen LogP contribution in [0.3, 0.4) is 0 Å². The van der Waals surface area contributed by atoms with E-state index in [-0.39, 0.29) is 5.57 Å². The van der Waals surface area contributed by atoms with Crippen molar-refractivity contribution in [3.63, 3.8) is 0 Å². The standard InChI is InChI=1S/C27H20ClN3O3S/c1-15-14-18(28)11-12-20(15)31-22(19-10-6-7-13-29-19)21(24(33)27(31)34)23(32)25-16(2)30-26(35-25)17-8-4-3-5-9-17/h3-14,22,33H,1-2H3. The van der Waals surface area contributed by atoms with Gasteiger partial charge in [-0.1, -0.05) is 48.0 Å². The molecule has 1 aliphatic rings. The van der Waals surface area contributed by atoms with Crippen molar-refractivity contribution in [2.45, 2.75) is 19.9 Å². The van der Waals surface area contributed by atoms with Gasteiger partial charge in [0.25, 0.3) is 5.91 Å². The second kappa shape index (κ2) is 9.09. The van der Waals surface area contributed by atoms with E-state index in [4.69, 9.17) is 11.6 Å². The first-order chi connectivity index (χ1) is 16.9. The lowest BCUT2D eigenvalue weighted by molar-refractivity contribution is -0.117. The van der Waals surface area contributed by atoms with Gasteiger partial charge in [0.2, 0.25) is 5.78 Å². The fraction of sp³-hybridized carbons (Fsp3) is 0.111. The van der Waals surface area contributed by atoms with Crippen molar-refractivity contribution in [1.29, 1.82) is 0 Å². The number of thiazole rings is 1. The molecule has 0 fully saturated rings. The second-order valence-corrected chi connectivity index (χ2v) is 9.59. The molecule has 0 saturated heterocycles. The Bertz CT molecular complexity index is 1480. The maximum Gasteiger partial charge on any atom is 0.294 e. The summed E-state index contributed by atoms with van der Waals surface area (Å²) in [6.07, 6.45) is 1.59. The van der Waals surface area contributed by atoms with E-state index >= 15 is 0 Å². The van der Waals surface area contributed by atoms with Crippen LogP contribution in [0, 0.1) is 13.8 Å². The molecular formula is C27H20ClN3O3S. The third kappa shape index (κ3) is 4.03. The topological polar surface area (TPSA) is 83.4 Å². The Morgan fingerprint density at radius 1 is 1.06 bits per heavy atom. The fourth-order valence-corrected chi connectivity index (χ4v) is 5.48.